The number of benzene rings is 4. The Morgan fingerprint density at radius 1 is 0.192 bits per heavy atom. The second-order valence-electron chi connectivity index (χ2n) is 37.4. The van der Waals surface area contributed by atoms with Crippen LogP contribution in [0.15, 0.2) is 48.5 Å². The first-order valence-corrected chi connectivity index (χ1v) is 52.3. The third-order valence-electron chi connectivity index (χ3n) is 26.3. The molecule has 125 heavy (non-hydrogen) atoms. The van der Waals surface area contributed by atoms with Gasteiger partial charge in [0.1, 0.15) is 23.0 Å². The van der Waals surface area contributed by atoms with Crippen LogP contribution >= 0.6 is 0 Å². The lowest BCUT2D eigenvalue weighted by Crippen LogP contribution is -2.18. The van der Waals surface area contributed by atoms with Gasteiger partial charge in [0.15, 0.2) is 26.4 Å². The van der Waals surface area contributed by atoms with Gasteiger partial charge in [-0.2, -0.15) is 0 Å². The van der Waals surface area contributed by atoms with Crippen LogP contribution in [-0.2, 0) is 89.5 Å². The van der Waals surface area contributed by atoms with Crippen molar-refractivity contribution in [3.05, 3.63) is 115 Å². The van der Waals surface area contributed by atoms with Crippen molar-refractivity contribution in [1.29, 1.82) is 0 Å². The molecule has 4 aromatic rings. The molecule has 5 rings (SSSR count). The number of unbranched alkanes of at least 4 members (excludes halogenated alkanes) is 60. The van der Waals surface area contributed by atoms with Crippen LogP contribution in [0, 0.1) is 0 Å². The summed E-state index contributed by atoms with van der Waals surface area (Å²) in [5.74, 6) is 0.371. The molecule has 0 saturated carbocycles. The molecule has 0 atom stereocenters. The molecule has 0 aromatic heterocycles. The number of hydrogen-bond acceptors (Lipinski definition) is 12. The first-order chi connectivity index (χ1) is 61.0. The van der Waals surface area contributed by atoms with Gasteiger partial charge in [-0.25, -0.2) is 19.2 Å². The minimum absolute atomic E-state index is 0. The Balaban J connectivity index is 0.0000328. The molecule has 12 nitrogen and oxygen atoms in total. The molecule has 712 valence electrons. The summed E-state index contributed by atoms with van der Waals surface area (Å²) in [5.41, 5.74) is 11.8. The largest absolute Gasteiger partial charge is 0.481 e. The minimum atomic E-state index is -0.493. The number of aryl methyl sites for hydroxylation is 4. The van der Waals surface area contributed by atoms with E-state index in [0.717, 1.165) is 122 Å². The van der Waals surface area contributed by atoms with E-state index in [0.29, 0.717) is 48.7 Å². The molecule has 1 aliphatic rings. The summed E-state index contributed by atoms with van der Waals surface area (Å²) in [4.78, 5) is 54.4. The number of hydrogen-bond donors (Lipinski definition) is 0. The summed E-state index contributed by atoms with van der Waals surface area (Å²) < 4.78 is 49.3. The molecule has 4 aromatic carbocycles. The molecular formula is C113H188O12. The Kier molecular flexibility index (Phi) is 67.4. The Hall–Kier alpha value is -6.04. The number of methoxy groups -OCH3 is 4. The highest BCUT2D eigenvalue weighted by atomic mass is 16.6. The van der Waals surface area contributed by atoms with Gasteiger partial charge in [0.25, 0.3) is 0 Å². The van der Waals surface area contributed by atoms with E-state index in [2.05, 4.69) is 76.2 Å². The second kappa shape index (κ2) is 75.7. The van der Waals surface area contributed by atoms with Crippen LogP contribution in [0.4, 0.5) is 0 Å². The summed E-state index contributed by atoms with van der Waals surface area (Å²) in [6.45, 7) is 7.92. The molecular weight excluding hydrogens is 1550 g/mol. The lowest BCUT2D eigenvalue weighted by molar-refractivity contribution is -0.143. The fourth-order valence-electron chi connectivity index (χ4n) is 18.8. The summed E-state index contributed by atoms with van der Waals surface area (Å²) in [5, 5.41) is 0. The smallest absolute Gasteiger partial charge is 0.343 e. The van der Waals surface area contributed by atoms with Gasteiger partial charge in [0, 0.05) is 25.7 Å². The van der Waals surface area contributed by atoms with Crippen LogP contribution in [0.1, 0.15) is 513 Å². The Labute approximate surface area is 767 Å². The molecule has 0 saturated heterocycles. The van der Waals surface area contributed by atoms with Gasteiger partial charge in [-0.05, 0) is 118 Å². The second-order valence-corrected chi connectivity index (χ2v) is 37.4. The predicted molar refractivity (Wildman–Crippen MR) is 527 cm³/mol. The maximum Gasteiger partial charge on any atom is 0.343 e. The third-order valence-corrected chi connectivity index (χ3v) is 26.3. The Morgan fingerprint density at radius 2 is 0.304 bits per heavy atom. The number of fused-ring (bicyclic) bond motifs is 8. The zero-order valence-corrected chi connectivity index (χ0v) is 81.3. The normalized spacial score (nSPS) is 11.8. The standard InChI is InChI=1S/C112H184O12.CH4/c1-9-13-17-21-25-29-33-37-41-45-49-53-57-61-65-69-73-93-77-97-85-99-79-94(74-70-66-62-58-54-50-46-42-38-34-30-26-22-18-14-10-2)81-101(110(99)122-90-106(114)118-6)87-103-83-96(76-72-68-64-60-56-52-48-44-40-36-32-28-24-20-16-12-4)84-104(112(103)124-92-108(116)120-8)88-102-82-95(75-71-67-63-59-55-51-47-43-39-35-31-27-23-19-15-11-3)80-100(111(102)123-91-107(115)119-7)86-98(78-93)109(97)121-89-105(113)117-5;/h77-84H,9-76,85-92H2,1-8H3;1H4. The van der Waals surface area contributed by atoms with Crippen LogP contribution in [0.5, 0.6) is 23.0 Å². The molecule has 0 unspecified atom stereocenters. The first kappa shape index (κ1) is 111. The first-order valence-electron chi connectivity index (χ1n) is 52.3. The van der Waals surface area contributed by atoms with E-state index >= 15 is 0 Å². The highest BCUT2D eigenvalue weighted by molar-refractivity contribution is 5.73. The van der Waals surface area contributed by atoms with E-state index in [-0.39, 0.29) is 33.9 Å². The van der Waals surface area contributed by atoms with E-state index in [1.54, 1.807) is 0 Å². The number of carbonyl (C=O) groups excluding carboxylic acids is 4. The lowest BCUT2D eigenvalue weighted by atomic mass is 9.86. The Morgan fingerprint density at radius 3 is 0.416 bits per heavy atom. The number of esters is 4. The van der Waals surface area contributed by atoms with Crippen LogP contribution in [-0.4, -0.2) is 78.7 Å². The van der Waals surface area contributed by atoms with Crippen molar-refractivity contribution >= 4 is 23.9 Å². The molecule has 1 aliphatic carbocycles. The average molecular weight is 1740 g/mol. The lowest BCUT2D eigenvalue weighted by Gasteiger charge is -2.25. The van der Waals surface area contributed by atoms with Crippen molar-refractivity contribution in [3.8, 4) is 23.0 Å². The number of ether oxygens (including phenoxy) is 8. The van der Waals surface area contributed by atoms with Crippen molar-refractivity contribution < 1.29 is 57.1 Å². The average Bonchev–Trinajstić information content (AvgIpc) is 0.851. The summed E-state index contributed by atoms with van der Waals surface area (Å²) in [7, 11) is 5.61. The van der Waals surface area contributed by atoms with Crippen molar-refractivity contribution in [2.24, 2.45) is 0 Å². The van der Waals surface area contributed by atoms with Crippen molar-refractivity contribution in [3.63, 3.8) is 0 Å². The van der Waals surface area contributed by atoms with E-state index in [9.17, 15) is 19.2 Å². The summed E-state index contributed by atoms with van der Waals surface area (Å²) >= 11 is 0. The molecule has 0 radical (unpaired) electrons. The van der Waals surface area contributed by atoms with Gasteiger partial charge in [-0.3, -0.25) is 0 Å². The van der Waals surface area contributed by atoms with Gasteiger partial charge in [-0.15, -0.1) is 0 Å². The summed E-state index contributed by atoms with van der Waals surface area (Å²) in [6.07, 6.45) is 87.6. The quantitative estimate of drug-likeness (QED) is 0.0208. The molecule has 8 bridgehead atoms. The van der Waals surface area contributed by atoms with Crippen LogP contribution in [0.3, 0.4) is 0 Å². The number of carbonyl (C=O) groups is 4. The third kappa shape index (κ3) is 52.4. The fourth-order valence-corrected chi connectivity index (χ4v) is 18.8. The van der Waals surface area contributed by atoms with Crippen molar-refractivity contribution in [2.45, 2.75) is 497 Å². The van der Waals surface area contributed by atoms with Gasteiger partial charge in [0.2, 0.25) is 0 Å². The van der Waals surface area contributed by atoms with Gasteiger partial charge >= 0.3 is 23.9 Å². The van der Waals surface area contributed by atoms with E-state index in [1.165, 1.54) is 410 Å². The predicted octanol–water partition coefficient (Wildman–Crippen LogP) is 32.4. The zero-order chi connectivity index (χ0) is 88.6. The highest BCUT2D eigenvalue weighted by Crippen LogP contribution is 2.43. The molecule has 0 fully saturated rings. The molecule has 0 aliphatic heterocycles. The van der Waals surface area contributed by atoms with Crippen LogP contribution in [0.2, 0.25) is 0 Å². The molecule has 0 spiro atoms. The maximum atomic E-state index is 13.6. The van der Waals surface area contributed by atoms with Gasteiger partial charge in [0.05, 0.1) is 28.4 Å². The monoisotopic (exact) mass is 1740 g/mol. The zero-order valence-electron chi connectivity index (χ0n) is 81.3. The minimum Gasteiger partial charge on any atom is -0.481 e. The topological polar surface area (TPSA) is 142 Å². The van der Waals surface area contributed by atoms with Gasteiger partial charge in [-0.1, -0.05) is 469 Å². The fraction of sp³-hybridized carbons (Fsp3) is 0.752. The van der Waals surface area contributed by atoms with E-state index < -0.39 is 23.9 Å². The SMILES string of the molecule is C.CCCCCCCCCCCCCCCCCCc1cc2c(OCC(=O)OC)c(c1)Cc1cc(CCCCCCCCCCCCCCCCCC)cc(c1OCC(=O)OC)Cc1cc(CCCCCCCCCCCCCCCCCC)cc(c1OCC(=O)OC)Cc1cc(CCCCCCCCCCCCCCCCCC)cc(c1OCC(=O)OC)C2. The van der Waals surface area contributed by atoms with Gasteiger partial charge < -0.3 is 37.9 Å². The molecule has 0 N–H and O–H groups in total. The Bertz CT molecular complexity index is 2840. The van der Waals surface area contributed by atoms with Crippen LogP contribution < -0.4 is 18.9 Å². The van der Waals surface area contributed by atoms with Crippen molar-refractivity contribution in [2.75, 3.05) is 54.9 Å². The summed E-state index contributed by atoms with van der Waals surface area (Å²) in [6, 6.07) is 18.3. The molecule has 12 heteroatoms. The molecule has 0 heterocycles. The van der Waals surface area contributed by atoms with Crippen molar-refractivity contribution in [1.82, 2.24) is 0 Å². The van der Waals surface area contributed by atoms with Crippen LogP contribution in [0.25, 0.3) is 0 Å². The highest BCUT2D eigenvalue weighted by Gasteiger charge is 2.27. The number of rotatable bonds is 80. The molecule has 0 amide bonds. The maximum absolute atomic E-state index is 13.6. The van der Waals surface area contributed by atoms with E-state index in [1.807, 2.05) is 0 Å². The van der Waals surface area contributed by atoms with E-state index in [4.69, 9.17) is 37.9 Å².